The fourth-order valence-corrected chi connectivity index (χ4v) is 4.47. The third kappa shape index (κ3) is 4.83. The van der Waals surface area contributed by atoms with Gasteiger partial charge in [0.2, 0.25) is 0 Å². The second-order valence-corrected chi connectivity index (χ2v) is 8.16. The molecule has 7 nitrogen and oxygen atoms in total. The summed E-state index contributed by atoms with van der Waals surface area (Å²) in [5.74, 6) is 0.0778. The number of urea groups is 1. The Balaban J connectivity index is 1.34. The molecule has 0 spiro atoms. The number of piperazine rings is 1. The number of hydrogen-bond acceptors (Lipinski definition) is 4. The van der Waals surface area contributed by atoms with Crippen LogP contribution in [0, 0.1) is 0 Å². The van der Waals surface area contributed by atoms with Gasteiger partial charge in [-0.1, -0.05) is 25.0 Å². The molecular weight excluding hydrogens is 368 g/mol. The van der Waals surface area contributed by atoms with Crippen molar-refractivity contribution in [1.29, 1.82) is 0 Å². The van der Waals surface area contributed by atoms with Crippen LogP contribution < -0.4 is 10.2 Å². The smallest absolute Gasteiger partial charge is 0.322 e. The lowest BCUT2D eigenvalue weighted by Gasteiger charge is -2.36. The van der Waals surface area contributed by atoms with Crippen LogP contribution in [0.3, 0.4) is 0 Å². The predicted octanol–water partition coefficient (Wildman–Crippen LogP) is 2.92. The van der Waals surface area contributed by atoms with E-state index in [0.717, 1.165) is 37.3 Å². The molecule has 0 bridgehead atoms. The molecule has 0 radical (unpaired) electrons. The van der Waals surface area contributed by atoms with E-state index in [-0.39, 0.29) is 18.0 Å². The van der Waals surface area contributed by atoms with Gasteiger partial charge in [-0.2, -0.15) is 0 Å². The molecule has 0 aromatic heterocycles. The summed E-state index contributed by atoms with van der Waals surface area (Å²) in [5, 5.41) is 3.11. The largest absolute Gasteiger partial charge is 0.370 e. The van der Waals surface area contributed by atoms with Crippen molar-refractivity contribution in [3.05, 3.63) is 24.3 Å². The highest BCUT2D eigenvalue weighted by Gasteiger charge is 2.31. The molecule has 1 atom stereocenters. The monoisotopic (exact) mass is 400 g/mol. The van der Waals surface area contributed by atoms with Crippen LogP contribution in [0.5, 0.6) is 0 Å². The normalized spacial score (nSPS) is 23.0. The summed E-state index contributed by atoms with van der Waals surface area (Å²) in [6.45, 7) is 5.00. The molecule has 3 amide bonds. The van der Waals surface area contributed by atoms with Gasteiger partial charge in [-0.25, -0.2) is 4.79 Å². The van der Waals surface area contributed by atoms with Crippen LogP contribution in [-0.4, -0.2) is 73.7 Å². The highest BCUT2D eigenvalue weighted by molar-refractivity contribution is 5.93. The first-order valence-electron chi connectivity index (χ1n) is 11.0. The third-order valence-electron chi connectivity index (χ3n) is 6.18. The first-order chi connectivity index (χ1) is 14.2. The molecule has 3 saturated heterocycles. The summed E-state index contributed by atoms with van der Waals surface area (Å²) in [7, 11) is 0. The Morgan fingerprint density at radius 2 is 1.55 bits per heavy atom. The number of ether oxygens (including phenoxy) is 1. The zero-order valence-electron chi connectivity index (χ0n) is 17.1. The lowest BCUT2D eigenvalue weighted by molar-refractivity contribution is -0.142. The topological polar surface area (TPSA) is 65.1 Å². The summed E-state index contributed by atoms with van der Waals surface area (Å²) in [6, 6.07) is 7.99. The number of nitrogens with one attached hydrogen (secondary N) is 1. The Bertz CT molecular complexity index is 704. The van der Waals surface area contributed by atoms with Gasteiger partial charge in [-0.15, -0.1) is 0 Å². The molecule has 3 aliphatic rings. The fourth-order valence-electron chi connectivity index (χ4n) is 4.47. The van der Waals surface area contributed by atoms with E-state index >= 15 is 0 Å². The number of para-hydroxylation sites is 2. The van der Waals surface area contributed by atoms with Gasteiger partial charge in [-0.3, -0.25) is 4.79 Å². The van der Waals surface area contributed by atoms with Crippen molar-refractivity contribution in [2.24, 2.45) is 0 Å². The van der Waals surface area contributed by atoms with E-state index < -0.39 is 0 Å². The number of anilines is 2. The summed E-state index contributed by atoms with van der Waals surface area (Å²) >= 11 is 0. The summed E-state index contributed by atoms with van der Waals surface area (Å²) in [4.78, 5) is 31.4. The Morgan fingerprint density at radius 3 is 2.24 bits per heavy atom. The number of amides is 3. The molecule has 7 heteroatoms. The van der Waals surface area contributed by atoms with Crippen LogP contribution in [0.4, 0.5) is 16.2 Å². The van der Waals surface area contributed by atoms with Gasteiger partial charge < -0.3 is 24.8 Å². The lowest BCUT2D eigenvalue weighted by atomic mass is 10.2. The van der Waals surface area contributed by atoms with Crippen molar-refractivity contribution >= 4 is 23.3 Å². The van der Waals surface area contributed by atoms with Crippen molar-refractivity contribution in [2.45, 2.75) is 44.6 Å². The van der Waals surface area contributed by atoms with Gasteiger partial charge in [0.05, 0.1) is 11.4 Å². The SMILES string of the molecule is O=C(Nc1ccccc1N1CCCCCC1)N1CCN(C(=O)C2CCCO2)CC1. The van der Waals surface area contributed by atoms with E-state index in [1.54, 1.807) is 4.90 Å². The van der Waals surface area contributed by atoms with Gasteiger partial charge in [0.1, 0.15) is 6.10 Å². The zero-order valence-corrected chi connectivity index (χ0v) is 17.1. The maximum Gasteiger partial charge on any atom is 0.322 e. The van der Waals surface area contributed by atoms with Crippen LogP contribution in [0.2, 0.25) is 0 Å². The number of hydrogen-bond donors (Lipinski definition) is 1. The molecule has 3 heterocycles. The molecule has 1 unspecified atom stereocenters. The molecule has 3 aliphatic heterocycles. The molecule has 158 valence electrons. The Kier molecular flexibility index (Phi) is 6.54. The average Bonchev–Trinajstić information content (AvgIpc) is 3.16. The number of rotatable bonds is 3. The first kappa shape index (κ1) is 20.0. The lowest BCUT2D eigenvalue weighted by Crippen LogP contribution is -2.53. The zero-order chi connectivity index (χ0) is 20.1. The standard InChI is InChI=1S/C22H32N4O3/c27-21(20-10-7-17-29-20)25-13-15-26(16-14-25)22(28)23-18-8-3-4-9-19(18)24-11-5-1-2-6-12-24/h3-4,8-9,20H,1-2,5-7,10-17H2,(H,23,28). The Labute approximate surface area is 173 Å². The van der Waals surface area contributed by atoms with Crippen molar-refractivity contribution in [3.8, 4) is 0 Å². The summed E-state index contributed by atoms with van der Waals surface area (Å²) < 4.78 is 5.51. The number of carbonyl (C=O) groups is 2. The van der Waals surface area contributed by atoms with Crippen molar-refractivity contribution in [3.63, 3.8) is 0 Å². The predicted molar refractivity (Wildman–Crippen MR) is 113 cm³/mol. The second kappa shape index (κ2) is 9.48. The van der Waals surface area contributed by atoms with E-state index in [2.05, 4.69) is 16.3 Å². The van der Waals surface area contributed by atoms with Crippen molar-refractivity contribution in [2.75, 3.05) is 56.1 Å². The minimum absolute atomic E-state index is 0.0778. The van der Waals surface area contributed by atoms with Gasteiger partial charge in [0, 0.05) is 45.9 Å². The molecule has 1 aromatic rings. The van der Waals surface area contributed by atoms with Gasteiger partial charge in [0.15, 0.2) is 0 Å². The Morgan fingerprint density at radius 1 is 0.862 bits per heavy atom. The first-order valence-corrected chi connectivity index (χ1v) is 11.0. The highest BCUT2D eigenvalue weighted by Crippen LogP contribution is 2.28. The third-order valence-corrected chi connectivity index (χ3v) is 6.18. The quantitative estimate of drug-likeness (QED) is 0.847. The molecule has 0 saturated carbocycles. The molecule has 1 N–H and O–H groups in total. The minimum atomic E-state index is -0.282. The average molecular weight is 401 g/mol. The van der Waals surface area contributed by atoms with Crippen molar-refractivity contribution in [1.82, 2.24) is 9.80 Å². The van der Waals surface area contributed by atoms with Crippen LogP contribution in [0.25, 0.3) is 0 Å². The van der Waals surface area contributed by atoms with Crippen LogP contribution in [0.15, 0.2) is 24.3 Å². The molecule has 3 fully saturated rings. The van der Waals surface area contributed by atoms with Crippen LogP contribution in [-0.2, 0) is 9.53 Å². The van der Waals surface area contributed by atoms with E-state index in [4.69, 9.17) is 4.74 Å². The maximum absolute atomic E-state index is 12.9. The second-order valence-electron chi connectivity index (χ2n) is 8.16. The van der Waals surface area contributed by atoms with Crippen molar-refractivity contribution < 1.29 is 14.3 Å². The number of benzene rings is 1. The van der Waals surface area contributed by atoms with Crippen LogP contribution >= 0.6 is 0 Å². The summed E-state index contributed by atoms with van der Waals surface area (Å²) in [6.07, 6.45) is 6.43. The van der Waals surface area contributed by atoms with Gasteiger partial charge >= 0.3 is 6.03 Å². The number of carbonyl (C=O) groups excluding carboxylic acids is 2. The van der Waals surface area contributed by atoms with Gasteiger partial charge in [0.25, 0.3) is 5.91 Å². The number of nitrogens with zero attached hydrogens (tertiary/aromatic N) is 3. The summed E-state index contributed by atoms with van der Waals surface area (Å²) in [5.41, 5.74) is 1.98. The fraction of sp³-hybridized carbons (Fsp3) is 0.636. The Hall–Kier alpha value is -2.28. The molecule has 29 heavy (non-hydrogen) atoms. The van der Waals surface area contributed by atoms with E-state index in [1.807, 2.05) is 23.1 Å². The maximum atomic E-state index is 12.9. The highest BCUT2D eigenvalue weighted by atomic mass is 16.5. The molecule has 1 aromatic carbocycles. The van der Waals surface area contributed by atoms with E-state index in [0.29, 0.717) is 32.8 Å². The molecule has 0 aliphatic carbocycles. The molecular formula is C22H32N4O3. The van der Waals surface area contributed by atoms with E-state index in [1.165, 1.54) is 25.7 Å². The van der Waals surface area contributed by atoms with Crippen LogP contribution in [0.1, 0.15) is 38.5 Å². The van der Waals surface area contributed by atoms with Gasteiger partial charge in [-0.05, 0) is 37.8 Å². The minimum Gasteiger partial charge on any atom is -0.370 e. The molecule has 4 rings (SSSR count). The van der Waals surface area contributed by atoms with E-state index in [9.17, 15) is 9.59 Å².